The maximum atomic E-state index is 13.9. The van der Waals surface area contributed by atoms with Gasteiger partial charge in [0, 0.05) is 11.1 Å². The number of nitrogens with zero attached hydrogens (tertiary/aromatic N) is 2. The summed E-state index contributed by atoms with van der Waals surface area (Å²) in [4.78, 5) is 8.13. The highest BCUT2D eigenvalue weighted by Gasteiger charge is 2.17. The smallest absolute Gasteiger partial charge is 0.150 e. The van der Waals surface area contributed by atoms with Gasteiger partial charge in [-0.05, 0) is 51.3 Å². The van der Waals surface area contributed by atoms with Crippen molar-refractivity contribution in [1.29, 1.82) is 0 Å². The highest BCUT2D eigenvalue weighted by atomic mass is 35.5. The van der Waals surface area contributed by atoms with Gasteiger partial charge in [0.2, 0.25) is 0 Å². The van der Waals surface area contributed by atoms with Crippen molar-refractivity contribution in [1.82, 2.24) is 9.97 Å². The molecule has 0 aromatic carbocycles. The summed E-state index contributed by atoms with van der Waals surface area (Å²) in [6.07, 6.45) is 1.95. The summed E-state index contributed by atoms with van der Waals surface area (Å²) in [5.41, 5.74) is 7.32. The average Bonchev–Trinajstić information content (AvgIpc) is 2.46. The highest BCUT2D eigenvalue weighted by Crippen LogP contribution is 2.27. The van der Waals surface area contributed by atoms with E-state index < -0.39 is 5.82 Å². The Hall–Kier alpha value is -1.72. The Morgan fingerprint density at radius 1 is 1.38 bits per heavy atom. The highest BCUT2D eigenvalue weighted by molar-refractivity contribution is 6.29. The first-order valence-corrected chi connectivity index (χ1v) is 8.24. The van der Waals surface area contributed by atoms with Crippen molar-refractivity contribution >= 4 is 11.6 Å². The molecule has 0 spiro atoms. The molecule has 24 heavy (non-hydrogen) atoms. The summed E-state index contributed by atoms with van der Waals surface area (Å²) < 4.78 is 19.7. The van der Waals surface area contributed by atoms with Gasteiger partial charge >= 0.3 is 0 Å². The van der Waals surface area contributed by atoms with E-state index in [4.69, 9.17) is 22.1 Å². The van der Waals surface area contributed by atoms with Gasteiger partial charge in [-0.25, -0.2) is 14.4 Å². The second-order valence-corrected chi connectivity index (χ2v) is 7.26. The molecule has 0 saturated heterocycles. The molecule has 0 aliphatic carbocycles. The third-order valence-electron chi connectivity index (χ3n) is 3.53. The van der Waals surface area contributed by atoms with Crippen LogP contribution in [-0.2, 0) is 0 Å². The van der Waals surface area contributed by atoms with Crippen molar-refractivity contribution in [2.75, 3.05) is 6.61 Å². The van der Waals surface area contributed by atoms with Crippen molar-refractivity contribution in [2.45, 2.75) is 39.7 Å². The zero-order chi connectivity index (χ0) is 17.9. The van der Waals surface area contributed by atoms with Crippen LogP contribution in [0.2, 0.25) is 5.15 Å². The fourth-order valence-corrected chi connectivity index (χ4v) is 2.81. The van der Waals surface area contributed by atoms with Crippen LogP contribution >= 0.6 is 11.6 Å². The Labute approximate surface area is 147 Å². The maximum absolute atomic E-state index is 13.9. The second kappa shape index (κ2) is 7.45. The van der Waals surface area contributed by atoms with Crippen molar-refractivity contribution in [2.24, 2.45) is 11.7 Å². The fraction of sp³-hybridized carbons (Fsp3) is 0.444. The van der Waals surface area contributed by atoms with Crippen molar-refractivity contribution in [3.8, 4) is 17.0 Å². The predicted molar refractivity (Wildman–Crippen MR) is 94.7 cm³/mol. The first kappa shape index (κ1) is 18.6. The summed E-state index contributed by atoms with van der Waals surface area (Å²) in [6.45, 7) is 8.48. The van der Waals surface area contributed by atoms with Crippen LogP contribution < -0.4 is 10.5 Å². The maximum Gasteiger partial charge on any atom is 0.150 e. The molecule has 0 amide bonds. The molecule has 2 aromatic heterocycles. The van der Waals surface area contributed by atoms with Crippen LogP contribution in [0.25, 0.3) is 11.3 Å². The molecule has 0 bridgehead atoms. The van der Waals surface area contributed by atoms with Crippen molar-refractivity contribution in [3.05, 3.63) is 41.1 Å². The predicted octanol–water partition coefficient (Wildman–Crippen LogP) is 4.39. The minimum Gasteiger partial charge on any atom is -0.491 e. The monoisotopic (exact) mass is 351 g/mol. The van der Waals surface area contributed by atoms with Crippen LogP contribution in [0.3, 0.4) is 0 Å². The minimum atomic E-state index is -0.459. The van der Waals surface area contributed by atoms with E-state index in [0.29, 0.717) is 35.2 Å². The van der Waals surface area contributed by atoms with Crippen LogP contribution in [0.1, 0.15) is 32.9 Å². The molecule has 2 rings (SSSR count). The molecule has 1 atom stereocenters. The molecule has 4 nitrogen and oxygen atoms in total. The molecule has 6 heteroatoms. The van der Waals surface area contributed by atoms with Gasteiger partial charge in [-0.1, -0.05) is 18.5 Å². The molecule has 0 saturated carbocycles. The van der Waals surface area contributed by atoms with Crippen LogP contribution in [-0.4, -0.2) is 22.1 Å². The summed E-state index contributed by atoms with van der Waals surface area (Å²) >= 11 is 5.83. The van der Waals surface area contributed by atoms with Gasteiger partial charge < -0.3 is 10.5 Å². The molecule has 2 aromatic rings. The lowest BCUT2D eigenvalue weighted by Crippen LogP contribution is -2.35. The molecule has 0 aliphatic heterocycles. The van der Waals surface area contributed by atoms with E-state index >= 15 is 0 Å². The lowest BCUT2D eigenvalue weighted by molar-refractivity contribution is 0.227. The molecule has 2 heterocycles. The van der Waals surface area contributed by atoms with E-state index in [1.807, 2.05) is 20.8 Å². The number of pyridine rings is 2. The van der Waals surface area contributed by atoms with Gasteiger partial charge in [0.05, 0.1) is 24.2 Å². The number of hydrogen-bond donors (Lipinski definition) is 1. The number of rotatable bonds is 6. The molecule has 130 valence electrons. The molecule has 0 unspecified atom stereocenters. The van der Waals surface area contributed by atoms with Gasteiger partial charge in [-0.15, -0.1) is 0 Å². The topological polar surface area (TPSA) is 61.0 Å². The zero-order valence-electron chi connectivity index (χ0n) is 14.4. The van der Waals surface area contributed by atoms with Gasteiger partial charge in [0.25, 0.3) is 0 Å². The SMILES string of the molecule is Cc1nc(-c2cc(Cl)ncc2F)ccc1OC[C@@H](C)CC(C)(C)N. The Balaban J connectivity index is 2.11. The van der Waals surface area contributed by atoms with Crippen LogP contribution in [0.5, 0.6) is 5.75 Å². The summed E-state index contributed by atoms with van der Waals surface area (Å²) in [7, 11) is 0. The first-order chi connectivity index (χ1) is 11.2. The van der Waals surface area contributed by atoms with Gasteiger partial charge in [-0.2, -0.15) is 0 Å². The Morgan fingerprint density at radius 3 is 2.71 bits per heavy atom. The first-order valence-electron chi connectivity index (χ1n) is 7.86. The second-order valence-electron chi connectivity index (χ2n) is 6.88. The molecular formula is C18H23ClFN3O. The molecule has 0 fully saturated rings. The van der Waals surface area contributed by atoms with Gasteiger partial charge in [0.1, 0.15) is 10.9 Å². The summed E-state index contributed by atoms with van der Waals surface area (Å²) in [5.74, 6) is 0.542. The lowest BCUT2D eigenvalue weighted by Gasteiger charge is -2.23. The average molecular weight is 352 g/mol. The fourth-order valence-electron chi connectivity index (χ4n) is 2.65. The van der Waals surface area contributed by atoms with Crippen molar-refractivity contribution in [3.63, 3.8) is 0 Å². The number of aryl methyl sites for hydroxylation is 1. The lowest BCUT2D eigenvalue weighted by atomic mass is 9.93. The Morgan fingerprint density at radius 2 is 2.08 bits per heavy atom. The van der Waals surface area contributed by atoms with E-state index in [0.717, 1.165) is 12.6 Å². The van der Waals surface area contributed by atoms with Crippen molar-refractivity contribution < 1.29 is 9.13 Å². The molecule has 2 N–H and O–H groups in total. The Kier molecular flexibility index (Phi) is 5.78. The summed E-state index contributed by atoms with van der Waals surface area (Å²) in [6, 6.07) is 4.98. The van der Waals surface area contributed by atoms with Gasteiger partial charge in [0.15, 0.2) is 5.82 Å². The third kappa shape index (κ3) is 5.14. The van der Waals surface area contributed by atoms with Crippen LogP contribution in [0, 0.1) is 18.7 Å². The molecule has 0 aliphatic rings. The number of nitrogens with two attached hydrogens (primary N) is 1. The third-order valence-corrected chi connectivity index (χ3v) is 3.74. The number of hydrogen-bond acceptors (Lipinski definition) is 4. The van der Waals surface area contributed by atoms with Gasteiger partial charge in [-0.3, -0.25) is 0 Å². The van der Waals surface area contributed by atoms with E-state index in [1.54, 1.807) is 12.1 Å². The van der Waals surface area contributed by atoms with E-state index in [9.17, 15) is 4.39 Å². The Bertz CT molecular complexity index is 716. The quantitative estimate of drug-likeness (QED) is 0.784. The van der Waals surface area contributed by atoms with Crippen LogP contribution in [0.4, 0.5) is 4.39 Å². The number of halogens is 2. The van der Waals surface area contributed by atoms with Crippen LogP contribution in [0.15, 0.2) is 24.4 Å². The van der Waals surface area contributed by atoms with E-state index in [1.165, 1.54) is 6.07 Å². The summed E-state index contributed by atoms with van der Waals surface area (Å²) in [5, 5.41) is 0.226. The largest absolute Gasteiger partial charge is 0.491 e. The molecule has 0 radical (unpaired) electrons. The number of ether oxygens (including phenoxy) is 1. The zero-order valence-corrected chi connectivity index (χ0v) is 15.2. The number of aromatic nitrogens is 2. The normalized spacial score (nSPS) is 13.0. The minimum absolute atomic E-state index is 0.224. The van der Waals surface area contributed by atoms with E-state index in [-0.39, 0.29) is 10.7 Å². The van der Waals surface area contributed by atoms with E-state index in [2.05, 4.69) is 16.9 Å². The standard InChI is InChI=1S/C18H23ClFN3O/c1-11(8-18(3,4)21)10-24-16-6-5-15(23-12(16)2)13-7-17(19)22-9-14(13)20/h5-7,9,11H,8,10,21H2,1-4H3/t11-/m0/s1. The molecular weight excluding hydrogens is 329 g/mol.